The van der Waals surface area contributed by atoms with Crippen LogP contribution in [-0.2, 0) is 25.1 Å². The van der Waals surface area contributed by atoms with Gasteiger partial charge in [-0.25, -0.2) is 4.40 Å². The number of hydrogen-bond donors (Lipinski definition) is 0. The first kappa shape index (κ1) is 21.2. The van der Waals surface area contributed by atoms with Crippen LogP contribution in [0, 0.1) is 0 Å². The molecule has 0 fully saturated rings. The van der Waals surface area contributed by atoms with E-state index in [1.54, 1.807) is 33.7 Å². The number of hydrogen-bond acceptors (Lipinski definition) is 5. The topological polar surface area (TPSA) is 52.2 Å². The van der Waals surface area contributed by atoms with Gasteiger partial charge in [-0.3, -0.25) is 9.36 Å². The predicted octanol–water partition coefficient (Wildman–Crippen LogP) is 6.24. The van der Waals surface area contributed by atoms with Gasteiger partial charge in [0.25, 0.3) is 5.56 Å². The highest BCUT2D eigenvalue weighted by Gasteiger charge is 2.26. The van der Waals surface area contributed by atoms with E-state index in [4.69, 9.17) is 23.2 Å². The molecule has 2 aromatic carbocycles. The number of halogens is 2. The minimum atomic E-state index is 0.0224. The number of aromatic nitrogens is 4. The standard InChI is InChI=1S/C24H18Cl2N4OS2/c25-17-10-9-15(11-18(17)26)13-32-24-28-27-23-29(12-14-5-2-1-3-6-14)21(31)20-16-7-4-8-19(16)33-22(20)30(23)24/h1-3,5-6,9-11H,4,7-8,12-13H2. The quantitative estimate of drug-likeness (QED) is 0.261. The number of thiophene rings is 1. The van der Waals surface area contributed by atoms with E-state index >= 15 is 0 Å². The summed E-state index contributed by atoms with van der Waals surface area (Å²) >= 11 is 15.5. The van der Waals surface area contributed by atoms with Gasteiger partial charge in [0.1, 0.15) is 4.83 Å². The van der Waals surface area contributed by atoms with Crippen molar-refractivity contribution in [2.75, 3.05) is 0 Å². The Hall–Kier alpha value is -2.32. The average Bonchev–Trinajstić information content (AvgIpc) is 3.52. The lowest BCUT2D eigenvalue weighted by molar-refractivity contribution is 0.764. The Kier molecular flexibility index (Phi) is 5.45. The zero-order chi connectivity index (χ0) is 22.5. The highest BCUT2D eigenvalue weighted by atomic mass is 35.5. The van der Waals surface area contributed by atoms with Gasteiger partial charge in [0.2, 0.25) is 5.78 Å². The van der Waals surface area contributed by atoms with Crippen LogP contribution in [0.4, 0.5) is 0 Å². The molecule has 0 bridgehead atoms. The molecule has 5 nitrogen and oxygen atoms in total. The second-order valence-corrected chi connectivity index (χ2v) is 10.9. The van der Waals surface area contributed by atoms with E-state index in [9.17, 15) is 4.79 Å². The molecule has 3 heterocycles. The number of thioether (sulfide) groups is 1. The summed E-state index contributed by atoms with van der Waals surface area (Å²) in [5, 5.41) is 11.6. The zero-order valence-corrected chi connectivity index (χ0v) is 20.6. The predicted molar refractivity (Wildman–Crippen MR) is 136 cm³/mol. The maximum Gasteiger partial charge on any atom is 0.264 e. The largest absolute Gasteiger partial charge is 0.272 e. The van der Waals surface area contributed by atoms with Crippen molar-refractivity contribution in [3.63, 3.8) is 0 Å². The smallest absolute Gasteiger partial charge is 0.264 e. The fraction of sp³-hybridized carbons (Fsp3) is 0.208. The molecule has 0 saturated carbocycles. The Bertz CT molecular complexity index is 1570. The van der Waals surface area contributed by atoms with Gasteiger partial charge < -0.3 is 0 Å². The minimum Gasteiger partial charge on any atom is -0.272 e. The van der Waals surface area contributed by atoms with Gasteiger partial charge in [-0.2, -0.15) is 0 Å². The second kappa shape index (κ2) is 8.47. The molecule has 0 radical (unpaired) electrons. The van der Waals surface area contributed by atoms with Gasteiger partial charge in [-0.05, 0) is 48.1 Å². The van der Waals surface area contributed by atoms with Crippen LogP contribution in [0.2, 0.25) is 10.0 Å². The number of nitrogens with zero attached hydrogens (tertiary/aromatic N) is 4. The van der Waals surface area contributed by atoms with Crippen LogP contribution in [0.3, 0.4) is 0 Å². The Morgan fingerprint density at radius 1 is 1.00 bits per heavy atom. The lowest BCUT2D eigenvalue weighted by Crippen LogP contribution is -2.24. The normalized spacial score (nSPS) is 13.3. The molecule has 0 unspecified atom stereocenters. The zero-order valence-electron chi connectivity index (χ0n) is 17.4. The molecule has 0 spiro atoms. The van der Waals surface area contributed by atoms with E-state index in [1.165, 1.54) is 10.4 Å². The third-order valence-corrected chi connectivity index (χ3v) is 8.97. The Labute approximate surface area is 208 Å². The van der Waals surface area contributed by atoms with Gasteiger partial charge in [-0.15, -0.1) is 21.5 Å². The van der Waals surface area contributed by atoms with Crippen LogP contribution in [0.15, 0.2) is 58.5 Å². The van der Waals surface area contributed by atoms with Crippen molar-refractivity contribution >= 4 is 62.3 Å². The molecule has 0 atom stereocenters. The molecule has 3 aromatic heterocycles. The van der Waals surface area contributed by atoms with Gasteiger partial charge in [-0.1, -0.05) is 71.4 Å². The Morgan fingerprint density at radius 2 is 1.85 bits per heavy atom. The van der Waals surface area contributed by atoms with Gasteiger partial charge in [0, 0.05) is 10.6 Å². The van der Waals surface area contributed by atoms with Crippen molar-refractivity contribution in [3.8, 4) is 0 Å². The van der Waals surface area contributed by atoms with Crippen molar-refractivity contribution in [3.05, 3.63) is 90.5 Å². The molecule has 166 valence electrons. The molecule has 0 amide bonds. The lowest BCUT2D eigenvalue weighted by Gasteiger charge is -2.10. The van der Waals surface area contributed by atoms with Crippen LogP contribution < -0.4 is 5.56 Å². The molecule has 5 aromatic rings. The number of fused-ring (bicyclic) bond motifs is 5. The molecule has 33 heavy (non-hydrogen) atoms. The van der Waals surface area contributed by atoms with Crippen LogP contribution >= 0.6 is 46.3 Å². The highest BCUT2D eigenvalue weighted by molar-refractivity contribution is 7.98. The third kappa shape index (κ3) is 3.67. The van der Waals surface area contributed by atoms with Gasteiger partial charge in [0.05, 0.1) is 22.0 Å². The summed E-state index contributed by atoms with van der Waals surface area (Å²) < 4.78 is 3.82. The number of aryl methyl sites for hydroxylation is 2. The summed E-state index contributed by atoms with van der Waals surface area (Å²) in [5.74, 6) is 1.25. The van der Waals surface area contributed by atoms with Crippen LogP contribution in [0.1, 0.15) is 28.0 Å². The van der Waals surface area contributed by atoms with Crippen LogP contribution in [-0.4, -0.2) is 19.2 Å². The monoisotopic (exact) mass is 512 g/mol. The second-order valence-electron chi connectivity index (χ2n) is 8.07. The molecule has 6 rings (SSSR count). The maximum absolute atomic E-state index is 13.7. The molecule has 1 aliphatic carbocycles. The highest BCUT2D eigenvalue weighted by Crippen LogP contribution is 2.37. The van der Waals surface area contributed by atoms with E-state index in [2.05, 4.69) is 14.6 Å². The molecule has 0 saturated heterocycles. The molecule has 1 aliphatic rings. The first-order valence-electron chi connectivity index (χ1n) is 10.6. The lowest BCUT2D eigenvalue weighted by atomic mass is 10.2. The van der Waals surface area contributed by atoms with E-state index in [0.29, 0.717) is 28.1 Å². The minimum absolute atomic E-state index is 0.0224. The van der Waals surface area contributed by atoms with Crippen molar-refractivity contribution in [1.29, 1.82) is 0 Å². The van der Waals surface area contributed by atoms with Crippen LogP contribution in [0.5, 0.6) is 0 Å². The third-order valence-electron chi connectivity index (χ3n) is 5.96. The molecule has 0 aliphatic heterocycles. The molecule has 9 heteroatoms. The SMILES string of the molecule is O=c1c2c3c(sc2n2c(SCc4ccc(Cl)c(Cl)c4)nnc2n1Cc1ccccc1)CCC3. The summed E-state index contributed by atoms with van der Waals surface area (Å²) in [6, 6.07) is 15.7. The number of benzene rings is 2. The average molecular weight is 513 g/mol. The summed E-state index contributed by atoms with van der Waals surface area (Å²) in [5.41, 5.74) is 3.33. The molecular formula is C24H18Cl2N4OS2. The number of rotatable bonds is 5. The maximum atomic E-state index is 13.7. The Balaban J connectivity index is 1.50. The molecular weight excluding hydrogens is 495 g/mol. The Morgan fingerprint density at radius 3 is 2.67 bits per heavy atom. The summed E-state index contributed by atoms with van der Waals surface area (Å²) in [6.07, 6.45) is 3.09. The van der Waals surface area contributed by atoms with E-state index in [-0.39, 0.29) is 5.56 Å². The van der Waals surface area contributed by atoms with Crippen molar-refractivity contribution in [1.82, 2.24) is 19.2 Å². The summed E-state index contributed by atoms with van der Waals surface area (Å²) in [4.78, 5) is 15.9. The fourth-order valence-electron chi connectivity index (χ4n) is 4.39. The van der Waals surface area contributed by atoms with E-state index in [0.717, 1.165) is 45.8 Å². The van der Waals surface area contributed by atoms with Gasteiger partial charge >= 0.3 is 0 Å². The summed E-state index contributed by atoms with van der Waals surface area (Å²) in [6.45, 7) is 0.458. The van der Waals surface area contributed by atoms with Crippen LogP contribution in [0.25, 0.3) is 16.0 Å². The van der Waals surface area contributed by atoms with E-state index in [1.807, 2.05) is 42.5 Å². The van der Waals surface area contributed by atoms with E-state index < -0.39 is 0 Å². The molecule has 0 N–H and O–H groups in total. The van der Waals surface area contributed by atoms with Crippen molar-refractivity contribution < 1.29 is 0 Å². The van der Waals surface area contributed by atoms with Crippen molar-refractivity contribution in [2.45, 2.75) is 36.7 Å². The fourth-order valence-corrected chi connectivity index (χ4v) is 7.02. The summed E-state index contributed by atoms with van der Waals surface area (Å²) in [7, 11) is 0. The first-order chi connectivity index (χ1) is 16.1. The van der Waals surface area contributed by atoms with Crippen molar-refractivity contribution in [2.24, 2.45) is 0 Å². The first-order valence-corrected chi connectivity index (χ1v) is 13.2. The van der Waals surface area contributed by atoms with Gasteiger partial charge in [0.15, 0.2) is 5.16 Å².